The summed E-state index contributed by atoms with van der Waals surface area (Å²) in [6.45, 7) is 10.5. The maximum absolute atomic E-state index is 11.3. The van der Waals surface area contributed by atoms with Gasteiger partial charge in [0.15, 0.2) is 5.71 Å². The van der Waals surface area contributed by atoms with Crippen molar-refractivity contribution in [3.63, 3.8) is 0 Å². The molecule has 0 spiro atoms. The summed E-state index contributed by atoms with van der Waals surface area (Å²) in [5.74, 6) is 0.320. The van der Waals surface area contributed by atoms with Gasteiger partial charge in [-0.3, -0.25) is 5.04 Å². The van der Waals surface area contributed by atoms with Gasteiger partial charge in [-0.15, -0.1) is 0 Å². The van der Waals surface area contributed by atoms with Crippen molar-refractivity contribution in [3.05, 3.63) is 132 Å². The third kappa shape index (κ3) is 9.93. The van der Waals surface area contributed by atoms with Crippen LogP contribution in [0.25, 0.3) is 21.5 Å². The summed E-state index contributed by atoms with van der Waals surface area (Å²) < 4.78 is 40.5. The van der Waals surface area contributed by atoms with E-state index in [4.69, 9.17) is 0 Å². The van der Waals surface area contributed by atoms with E-state index in [-0.39, 0.29) is 53.6 Å². The number of fused-ring (bicyclic) bond motifs is 6. The molecule has 2 heterocycles. The Hall–Kier alpha value is -3.03. The second-order valence-corrected chi connectivity index (χ2v) is 16.9. The van der Waals surface area contributed by atoms with E-state index >= 15 is 0 Å². The number of anilines is 1. The van der Waals surface area contributed by atoms with E-state index in [9.17, 15) is 18.2 Å². The molecule has 0 saturated carbocycles. The van der Waals surface area contributed by atoms with Gasteiger partial charge in [-0.05, 0) is 78.4 Å². The zero-order valence-electron chi connectivity index (χ0n) is 31.8. The number of nitrogens with zero attached hydrogens (tertiary/aromatic N) is 2. The molecule has 0 aromatic heterocycles. The largest absolute Gasteiger partial charge is 1.00 e. The Bertz CT molecular complexity index is 2240. The van der Waals surface area contributed by atoms with Crippen LogP contribution in [-0.4, -0.2) is 47.9 Å². The van der Waals surface area contributed by atoms with Gasteiger partial charge in [-0.25, -0.2) is 8.42 Å². The molecule has 2 aliphatic heterocycles. The normalized spacial score (nSPS) is 16.8. The summed E-state index contributed by atoms with van der Waals surface area (Å²) in [6, 6.07) is 25.7. The van der Waals surface area contributed by atoms with E-state index in [1.54, 1.807) is 0 Å². The van der Waals surface area contributed by atoms with Crippen LogP contribution in [-0.2, 0) is 30.3 Å². The molecule has 6 rings (SSSR count). The van der Waals surface area contributed by atoms with Gasteiger partial charge in [0.2, 0.25) is 5.69 Å². The third-order valence-electron chi connectivity index (χ3n) is 10.4. The molecule has 286 valence electrons. The standard InChI is InChI=1S/C43H48N2O6S2.CH4.Na/c1-42(2)38(44(28-14-16-30-52-51-50-46)36-26-24-32-18-10-12-20-34(32)40(36)42)22-8-6-5-7-9-23-39-43(3,4)41-35-21-13-11-19-33(35)25-27-37(41)45(39)29-15-17-31-53(47,48)49;;/h5-13,18-27H,14-17,28-31H2,1-4H3,(H-,46,47,48,49);1H4;/q;;+1/p-1. The summed E-state index contributed by atoms with van der Waals surface area (Å²) in [4.78, 5) is 2.42. The first-order chi connectivity index (χ1) is 25.4. The van der Waals surface area contributed by atoms with Crippen LogP contribution in [0.1, 0.15) is 71.9 Å². The van der Waals surface area contributed by atoms with Gasteiger partial charge in [0, 0.05) is 71.0 Å². The van der Waals surface area contributed by atoms with Crippen LogP contribution in [0.3, 0.4) is 0 Å². The second kappa shape index (κ2) is 19.4. The molecule has 0 saturated heterocycles. The van der Waals surface area contributed by atoms with E-state index in [0.717, 1.165) is 42.8 Å². The smallest absolute Gasteiger partial charge is 0.748 e. The second-order valence-electron chi connectivity index (χ2n) is 14.6. The Balaban J connectivity index is 0.00000336. The van der Waals surface area contributed by atoms with Crippen LogP contribution in [0.15, 0.2) is 121 Å². The molecule has 0 fully saturated rings. The molecule has 11 heteroatoms. The van der Waals surface area contributed by atoms with E-state index in [2.05, 4.69) is 150 Å². The van der Waals surface area contributed by atoms with Crippen molar-refractivity contribution in [2.45, 2.75) is 71.6 Å². The maximum atomic E-state index is 11.3. The topological polar surface area (TPSA) is 105 Å². The zero-order chi connectivity index (χ0) is 37.6. The molecular formula is C44H51N2NaO6S2. The summed E-state index contributed by atoms with van der Waals surface area (Å²) in [5, 5.41) is 18.5. The molecule has 0 atom stereocenters. The van der Waals surface area contributed by atoms with Crippen molar-refractivity contribution in [1.29, 1.82) is 0 Å². The summed E-state index contributed by atoms with van der Waals surface area (Å²) in [6.07, 6.45) is 17.4. The summed E-state index contributed by atoms with van der Waals surface area (Å²) in [7, 11) is -4.25. The van der Waals surface area contributed by atoms with Gasteiger partial charge in [0.25, 0.3) is 0 Å². The third-order valence-corrected chi connectivity index (χ3v) is 11.8. The molecule has 0 unspecified atom stereocenters. The first-order valence-electron chi connectivity index (χ1n) is 18.2. The van der Waals surface area contributed by atoms with E-state index in [0.29, 0.717) is 25.1 Å². The van der Waals surface area contributed by atoms with Crippen molar-refractivity contribution in [2.24, 2.45) is 0 Å². The molecule has 4 aromatic rings. The van der Waals surface area contributed by atoms with E-state index in [1.165, 1.54) is 44.1 Å². The number of rotatable bonds is 16. The summed E-state index contributed by atoms with van der Waals surface area (Å²) in [5.41, 5.74) is 6.77. The molecule has 0 bridgehead atoms. The molecule has 0 N–H and O–H groups in total. The fraction of sp³-hybridized carbons (Fsp3) is 0.341. The van der Waals surface area contributed by atoms with Gasteiger partial charge in [-0.2, -0.15) is 8.91 Å². The molecule has 0 amide bonds. The zero-order valence-corrected chi connectivity index (χ0v) is 35.4. The predicted octanol–water partition coefficient (Wildman–Crippen LogP) is 6.34. The fourth-order valence-electron chi connectivity index (χ4n) is 8.07. The van der Waals surface area contributed by atoms with Gasteiger partial charge in [0.05, 0.1) is 15.5 Å². The van der Waals surface area contributed by atoms with Gasteiger partial charge in [-0.1, -0.05) is 106 Å². The van der Waals surface area contributed by atoms with Crippen molar-refractivity contribution >= 4 is 60.8 Å². The molecule has 8 nitrogen and oxygen atoms in total. The number of hydrogen-bond donors (Lipinski definition) is 0. The molecule has 0 radical (unpaired) electrons. The van der Waals surface area contributed by atoms with Crippen LogP contribution in [0.2, 0.25) is 0 Å². The molecule has 4 aromatic carbocycles. The molecule has 0 aliphatic carbocycles. The van der Waals surface area contributed by atoms with Gasteiger partial charge < -0.3 is 14.7 Å². The summed E-state index contributed by atoms with van der Waals surface area (Å²) >= 11 is 1.03. The number of benzene rings is 4. The average molecular weight is 791 g/mol. The minimum absolute atomic E-state index is 0. The van der Waals surface area contributed by atoms with Crippen LogP contribution < -0.4 is 39.7 Å². The number of unbranched alkanes of at least 4 members (excludes halogenated alkanes) is 2. The van der Waals surface area contributed by atoms with Crippen LogP contribution in [0, 0.1) is 0 Å². The van der Waals surface area contributed by atoms with E-state index < -0.39 is 10.1 Å². The first kappa shape index (κ1) is 44.7. The quantitative estimate of drug-likeness (QED) is 0.0190. The van der Waals surface area contributed by atoms with Crippen molar-refractivity contribution in [3.8, 4) is 0 Å². The monoisotopic (exact) mass is 790 g/mol. The first-order valence-corrected chi connectivity index (χ1v) is 20.6. The average Bonchev–Trinajstić information content (AvgIpc) is 3.49. The number of allylic oxidation sites excluding steroid dienone is 8. The minimum atomic E-state index is -4.25. The molecular weight excluding hydrogens is 740 g/mol. The maximum Gasteiger partial charge on any atom is 1.00 e. The predicted molar refractivity (Wildman–Crippen MR) is 221 cm³/mol. The van der Waals surface area contributed by atoms with Crippen LogP contribution >= 0.6 is 12.0 Å². The fourth-order valence-corrected chi connectivity index (χ4v) is 9.06. The SMILES string of the molecule is C.CC1(C)C(/C=C/C=C/C=C/C=C2/N(CCCCSOO[O-])c3ccc4ccccc4c3C2(C)C)=[N+](CCCCS(=O)(=O)[O-])c2ccc3ccccc3c21.[Na+]. The van der Waals surface area contributed by atoms with Gasteiger partial charge >= 0.3 is 29.6 Å². The van der Waals surface area contributed by atoms with Crippen LogP contribution in [0.5, 0.6) is 0 Å². The number of hydrogen-bond acceptors (Lipinski definition) is 8. The molecule has 55 heavy (non-hydrogen) atoms. The molecule has 2 aliphatic rings. The van der Waals surface area contributed by atoms with Crippen LogP contribution in [0.4, 0.5) is 11.4 Å². The van der Waals surface area contributed by atoms with Crippen molar-refractivity contribution in [2.75, 3.05) is 29.5 Å². The Morgan fingerprint density at radius 3 is 2.11 bits per heavy atom. The Morgan fingerprint density at radius 1 is 0.782 bits per heavy atom. The Labute approximate surface area is 353 Å². The van der Waals surface area contributed by atoms with Crippen molar-refractivity contribution in [1.82, 2.24) is 0 Å². The minimum Gasteiger partial charge on any atom is -0.748 e. The van der Waals surface area contributed by atoms with Gasteiger partial charge in [0.1, 0.15) is 6.54 Å². The Kier molecular flexibility index (Phi) is 15.8. The van der Waals surface area contributed by atoms with Crippen molar-refractivity contribution < 1.29 is 61.7 Å². The Morgan fingerprint density at radius 2 is 1.42 bits per heavy atom. The van der Waals surface area contributed by atoms with E-state index in [1.807, 2.05) is 12.2 Å².